The fourth-order valence-corrected chi connectivity index (χ4v) is 0.973. The Morgan fingerprint density at radius 1 is 1.78 bits per heavy atom. The van der Waals surface area contributed by atoms with Crippen molar-refractivity contribution in [3.63, 3.8) is 0 Å². The van der Waals surface area contributed by atoms with Gasteiger partial charge in [-0.3, -0.25) is 0 Å². The van der Waals surface area contributed by atoms with E-state index >= 15 is 0 Å². The topological polar surface area (TPSA) is 38.9 Å². The van der Waals surface area contributed by atoms with Gasteiger partial charge in [-0.15, -0.1) is 10.2 Å². The van der Waals surface area contributed by atoms with E-state index in [9.17, 15) is 0 Å². The van der Waals surface area contributed by atoms with E-state index < -0.39 is 0 Å². The van der Waals surface area contributed by atoms with E-state index in [-0.39, 0.29) is 0 Å². The Kier molecular flexibility index (Phi) is 0.860. The van der Waals surface area contributed by atoms with Crippen molar-refractivity contribution in [3.8, 4) is 0 Å². The van der Waals surface area contributed by atoms with Gasteiger partial charge in [-0.05, 0) is 12.3 Å². The Labute approximate surface area is 53.1 Å². The van der Waals surface area contributed by atoms with Crippen LogP contribution in [0.25, 0.3) is 0 Å². The summed E-state index contributed by atoms with van der Waals surface area (Å²) in [4.78, 5) is 0. The molecule has 0 aliphatic heterocycles. The summed E-state index contributed by atoms with van der Waals surface area (Å²) in [5, 5.41) is 7.23. The second-order valence-electron chi connectivity index (χ2n) is 2.55. The molecule has 9 heavy (non-hydrogen) atoms. The Bertz CT molecular complexity index is 195. The molecule has 3 nitrogen and oxygen atoms in total. The highest BCUT2D eigenvalue weighted by Gasteiger charge is 2.38. The highest BCUT2D eigenvalue weighted by atomic mass is 16.4. The van der Waals surface area contributed by atoms with Crippen molar-refractivity contribution in [2.45, 2.75) is 19.3 Å². The van der Waals surface area contributed by atoms with E-state index in [0.717, 1.165) is 11.8 Å². The minimum absolute atomic E-state index is 0.531. The molecule has 1 radical (unpaired) electrons. The minimum Gasteiger partial charge on any atom is -0.417 e. The quantitative estimate of drug-likeness (QED) is 0.559. The molecule has 47 valence electrons. The van der Waals surface area contributed by atoms with E-state index in [2.05, 4.69) is 23.5 Å². The average Bonchev–Trinajstić information content (AvgIpc) is 2.44. The number of aromatic nitrogens is 2. The first-order valence-corrected chi connectivity index (χ1v) is 3.07. The van der Waals surface area contributed by atoms with Crippen molar-refractivity contribution in [3.05, 3.63) is 12.3 Å². The second kappa shape index (κ2) is 1.56. The summed E-state index contributed by atoms with van der Waals surface area (Å²) in [6.07, 6.45) is 3.53. The smallest absolute Gasteiger partial charge is 0.305 e. The third-order valence-electron chi connectivity index (χ3n) is 1.77. The van der Waals surface area contributed by atoms with Gasteiger partial charge in [-0.2, -0.15) is 0 Å². The lowest BCUT2D eigenvalue weighted by Crippen LogP contribution is -1.79. The lowest BCUT2D eigenvalue weighted by molar-refractivity contribution is 0.482. The SMILES string of the molecule is CC1CC1c1nn[c]o1. The third-order valence-corrected chi connectivity index (χ3v) is 1.77. The summed E-state index contributed by atoms with van der Waals surface area (Å²) >= 11 is 0. The zero-order chi connectivity index (χ0) is 6.27. The molecular weight excluding hydrogens is 116 g/mol. The average molecular weight is 123 g/mol. The molecular formula is C6H7N2O. The van der Waals surface area contributed by atoms with Crippen LogP contribution >= 0.6 is 0 Å². The highest BCUT2D eigenvalue weighted by molar-refractivity contribution is 5.03. The maximum atomic E-state index is 4.88. The normalized spacial score (nSPS) is 32.6. The van der Waals surface area contributed by atoms with Gasteiger partial charge in [-0.1, -0.05) is 6.92 Å². The fourth-order valence-electron chi connectivity index (χ4n) is 0.973. The second-order valence-corrected chi connectivity index (χ2v) is 2.55. The van der Waals surface area contributed by atoms with Crippen LogP contribution in [0.3, 0.4) is 0 Å². The van der Waals surface area contributed by atoms with Gasteiger partial charge in [0.25, 0.3) is 0 Å². The summed E-state index contributed by atoms with van der Waals surface area (Å²) < 4.78 is 4.88. The van der Waals surface area contributed by atoms with E-state index in [1.54, 1.807) is 0 Å². The van der Waals surface area contributed by atoms with Crippen LogP contribution in [0.4, 0.5) is 0 Å². The lowest BCUT2D eigenvalue weighted by Gasteiger charge is -1.81. The molecule has 1 aliphatic carbocycles. The lowest BCUT2D eigenvalue weighted by atomic mass is 10.3. The largest absolute Gasteiger partial charge is 0.417 e. The molecule has 1 aromatic heterocycles. The van der Waals surface area contributed by atoms with Gasteiger partial charge in [0.1, 0.15) is 0 Å². The van der Waals surface area contributed by atoms with Crippen LogP contribution < -0.4 is 0 Å². The maximum Gasteiger partial charge on any atom is 0.305 e. The van der Waals surface area contributed by atoms with Crippen molar-refractivity contribution in [2.24, 2.45) is 5.92 Å². The molecule has 2 rings (SSSR count). The van der Waals surface area contributed by atoms with E-state index in [4.69, 9.17) is 4.42 Å². The Balaban J connectivity index is 2.18. The van der Waals surface area contributed by atoms with Gasteiger partial charge in [0.05, 0.1) is 0 Å². The van der Waals surface area contributed by atoms with Crippen molar-refractivity contribution in [2.75, 3.05) is 0 Å². The van der Waals surface area contributed by atoms with Crippen LogP contribution in [-0.2, 0) is 0 Å². The van der Waals surface area contributed by atoms with Crippen molar-refractivity contribution in [1.82, 2.24) is 10.2 Å². The minimum atomic E-state index is 0.531. The molecule has 0 amide bonds. The molecule has 0 N–H and O–H groups in total. The molecule has 1 aliphatic rings. The summed E-state index contributed by atoms with van der Waals surface area (Å²) in [6.45, 7) is 2.18. The van der Waals surface area contributed by atoms with Gasteiger partial charge in [-0.25, -0.2) is 0 Å². The summed E-state index contributed by atoms with van der Waals surface area (Å²) in [7, 11) is 0. The van der Waals surface area contributed by atoms with Crippen molar-refractivity contribution < 1.29 is 4.42 Å². The molecule has 0 saturated heterocycles. The Hall–Kier alpha value is -0.860. The maximum absolute atomic E-state index is 4.88. The van der Waals surface area contributed by atoms with Crippen LogP contribution in [-0.4, -0.2) is 10.2 Å². The molecule has 2 atom stereocenters. The monoisotopic (exact) mass is 123 g/mol. The molecule has 0 spiro atoms. The first-order chi connectivity index (χ1) is 4.38. The highest BCUT2D eigenvalue weighted by Crippen LogP contribution is 2.45. The molecule has 1 saturated carbocycles. The number of hydrogen-bond donors (Lipinski definition) is 0. The molecule has 0 aromatic carbocycles. The predicted octanol–water partition coefficient (Wildman–Crippen LogP) is 0.993. The Morgan fingerprint density at radius 2 is 2.56 bits per heavy atom. The predicted molar refractivity (Wildman–Crippen MR) is 29.7 cm³/mol. The molecule has 1 fully saturated rings. The molecule has 3 heteroatoms. The standard InChI is InChI=1S/C6H7N2O/c1-4-2-5(4)6-8-7-3-9-6/h4-5H,2H2,1H3. The summed E-state index contributed by atoms with van der Waals surface area (Å²) in [5.41, 5.74) is 0. The van der Waals surface area contributed by atoms with Gasteiger partial charge in [0.15, 0.2) is 0 Å². The van der Waals surface area contributed by atoms with E-state index in [1.165, 1.54) is 6.42 Å². The van der Waals surface area contributed by atoms with Crippen LogP contribution in [0.15, 0.2) is 4.42 Å². The number of hydrogen-bond acceptors (Lipinski definition) is 3. The van der Waals surface area contributed by atoms with Crippen LogP contribution in [0.1, 0.15) is 25.2 Å². The molecule has 0 bridgehead atoms. The first kappa shape index (κ1) is 4.97. The summed E-state index contributed by atoms with van der Waals surface area (Å²) in [6, 6.07) is 0. The van der Waals surface area contributed by atoms with E-state index in [1.807, 2.05) is 0 Å². The van der Waals surface area contributed by atoms with Gasteiger partial charge < -0.3 is 4.42 Å². The van der Waals surface area contributed by atoms with Crippen molar-refractivity contribution >= 4 is 0 Å². The van der Waals surface area contributed by atoms with Crippen molar-refractivity contribution in [1.29, 1.82) is 0 Å². The van der Waals surface area contributed by atoms with Crippen LogP contribution in [0, 0.1) is 12.3 Å². The third kappa shape index (κ3) is 0.724. The van der Waals surface area contributed by atoms with E-state index in [0.29, 0.717) is 5.92 Å². The van der Waals surface area contributed by atoms with Gasteiger partial charge >= 0.3 is 6.39 Å². The number of rotatable bonds is 1. The fraction of sp³-hybridized carbons (Fsp3) is 0.667. The number of nitrogens with zero attached hydrogens (tertiary/aromatic N) is 2. The van der Waals surface area contributed by atoms with Gasteiger partial charge in [0, 0.05) is 5.92 Å². The summed E-state index contributed by atoms with van der Waals surface area (Å²) in [5.74, 6) is 2.02. The van der Waals surface area contributed by atoms with Crippen LogP contribution in [0.5, 0.6) is 0 Å². The van der Waals surface area contributed by atoms with Gasteiger partial charge in [0.2, 0.25) is 5.89 Å². The van der Waals surface area contributed by atoms with Crippen LogP contribution in [0.2, 0.25) is 0 Å². The Morgan fingerprint density at radius 3 is 3.00 bits per heavy atom. The zero-order valence-corrected chi connectivity index (χ0v) is 5.16. The zero-order valence-electron chi connectivity index (χ0n) is 5.16. The molecule has 1 aromatic rings. The first-order valence-electron chi connectivity index (χ1n) is 3.07. The molecule has 2 unspecified atom stereocenters. The molecule has 1 heterocycles.